The van der Waals surface area contributed by atoms with E-state index in [1.807, 2.05) is 12.1 Å². The third-order valence-corrected chi connectivity index (χ3v) is 5.31. The summed E-state index contributed by atoms with van der Waals surface area (Å²) in [5.41, 5.74) is 0. The van der Waals surface area contributed by atoms with Gasteiger partial charge in [0, 0.05) is 5.92 Å². The maximum Gasteiger partial charge on any atom is 0.325 e. The second-order valence-corrected chi connectivity index (χ2v) is 7.06. The van der Waals surface area contributed by atoms with Crippen molar-refractivity contribution >= 4 is 23.2 Å². The molecule has 0 atom stereocenters. The highest BCUT2D eigenvalue weighted by atomic mass is 32.1. The maximum atomic E-state index is 11.9. The first-order valence-corrected chi connectivity index (χ1v) is 9.49. The highest BCUT2D eigenvalue weighted by molar-refractivity contribution is 7.14. The molecule has 3 rings (SSSR count). The summed E-state index contributed by atoms with van der Waals surface area (Å²) in [6.07, 6.45) is 3.48. The molecule has 9 heteroatoms. The molecule has 0 aromatic carbocycles. The molecule has 2 aromatic heterocycles. The van der Waals surface area contributed by atoms with Crippen molar-refractivity contribution in [2.45, 2.75) is 25.7 Å². The number of nitrogens with one attached hydrogen (secondary N) is 1. The van der Waals surface area contributed by atoms with Crippen LogP contribution in [0.25, 0.3) is 10.8 Å². The predicted molar refractivity (Wildman–Crippen MR) is 95.7 cm³/mol. The largest absolute Gasteiger partial charge is 0.465 e. The average molecular weight is 378 g/mol. The Kier molecular flexibility index (Phi) is 6.35. The molecule has 1 saturated heterocycles. The van der Waals surface area contributed by atoms with Crippen LogP contribution in [0.1, 0.15) is 30.7 Å². The number of carbonyl (C=O) groups excluding carboxylic acids is 2. The Labute approximate surface area is 155 Å². The average Bonchev–Trinajstić information content (AvgIpc) is 3.32. The lowest BCUT2D eigenvalue weighted by atomic mass is 9.98. The Morgan fingerprint density at radius 3 is 2.88 bits per heavy atom. The lowest BCUT2D eigenvalue weighted by molar-refractivity contribution is -0.143. The maximum absolute atomic E-state index is 11.9. The van der Waals surface area contributed by atoms with Crippen LogP contribution < -0.4 is 5.32 Å². The number of ether oxygens (including phenoxy) is 1. The molecule has 1 amide bonds. The number of hydrogen-bond acceptors (Lipinski definition) is 8. The normalized spacial score (nSPS) is 15.7. The number of carbonyl (C=O) groups is 2. The molecule has 1 N–H and O–H groups in total. The van der Waals surface area contributed by atoms with Crippen molar-refractivity contribution in [1.29, 1.82) is 0 Å². The SMILES string of the molecule is CCOC(=O)CNC(=O)CN1CCC(c2nnc(-c3ccco3)s2)CC1. The van der Waals surface area contributed by atoms with Gasteiger partial charge in [0.05, 0.1) is 19.4 Å². The number of nitrogens with zero attached hydrogens (tertiary/aromatic N) is 3. The Morgan fingerprint density at radius 2 is 2.19 bits per heavy atom. The molecule has 0 saturated carbocycles. The summed E-state index contributed by atoms with van der Waals surface area (Å²) in [6.45, 7) is 3.89. The number of likely N-dealkylation sites (tertiary alicyclic amines) is 1. The molecule has 0 unspecified atom stereocenters. The Morgan fingerprint density at radius 1 is 1.38 bits per heavy atom. The van der Waals surface area contributed by atoms with E-state index in [1.54, 1.807) is 24.5 Å². The number of furan rings is 1. The van der Waals surface area contributed by atoms with Crippen molar-refractivity contribution < 1.29 is 18.7 Å². The van der Waals surface area contributed by atoms with Crippen molar-refractivity contribution in [3.63, 3.8) is 0 Å². The van der Waals surface area contributed by atoms with Gasteiger partial charge in [-0.25, -0.2) is 0 Å². The first kappa shape index (κ1) is 18.5. The molecule has 1 fully saturated rings. The smallest absolute Gasteiger partial charge is 0.325 e. The minimum atomic E-state index is -0.414. The lowest BCUT2D eigenvalue weighted by Crippen LogP contribution is -2.42. The van der Waals surface area contributed by atoms with Crippen LogP contribution in [0.4, 0.5) is 0 Å². The first-order valence-electron chi connectivity index (χ1n) is 8.67. The lowest BCUT2D eigenvalue weighted by Gasteiger charge is -2.30. The van der Waals surface area contributed by atoms with Gasteiger partial charge in [0.2, 0.25) is 5.91 Å². The van der Waals surface area contributed by atoms with Crippen molar-refractivity contribution in [3.05, 3.63) is 23.4 Å². The van der Waals surface area contributed by atoms with Crippen LogP contribution in [0.15, 0.2) is 22.8 Å². The predicted octanol–water partition coefficient (Wildman–Crippen LogP) is 1.66. The molecule has 1 aliphatic heterocycles. The van der Waals surface area contributed by atoms with E-state index < -0.39 is 5.97 Å². The number of aromatic nitrogens is 2. The molecule has 26 heavy (non-hydrogen) atoms. The van der Waals surface area contributed by atoms with Crippen molar-refractivity contribution in [2.24, 2.45) is 0 Å². The van der Waals surface area contributed by atoms with Gasteiger partial charge in [-0.3, -0.25) is 14.5 Å². The van der Waals surface area contributed by atoms with Gasteiger partial charge in [-0.1, -0.05) is 11.3 Å². The van der Waals surface area contributed by atoms with Gasteiger partial charge in [-0.15, -0.1) is 10.2 Å². The molecule has 140 valence electrons. The summed E-state index contributed by atoms with van der Waals surface area (Å²) in [6, 6.07) is 3.71. The minimum absolute atomic E-state index is 0.0799. The first-order chi connectivity index (χ1) is 12.7. The quantitative estimate of drug-likeness (QED) is 0.732. The number of amides is 1. The van der Waals surface area contributed by atoms with Gasteiger partial charge in [0.25, 0.3) is 0 Å². The Hall–Kier alpha value is -2.26. The molecule has 0 radical (unpaired) electrons. The van der Waals surface area contributed by atoms with Gasteiger partial charge in [0.15, 0.2) is 10.8 Å². The van der Waals surface area contributed by atoms with E-state index in [0.717, 1.165) is 41.7 Å². The molecule has 0 spiro atoms. The van der Waals surface area contributed by atoms with Crippen molar-refractivity contribution in [3.8, 4) is 10.8 Å². The van der Waals surface area contributed by atoms with Crippen molar-refractivity contribution in [1.82, 2.24) is 20.4 Å². The molecular formula is C17H22N4O4S. The molecule has 2 aromatic rings. The van der Waals surface area contributed by atoms with Crippen LogP contribution in [0, 0.1) is 0 Å². The summed E-state index contributed by atoms with van der Waals surface area (Å²) in [5, 5.41) is 12.9. The summed E-state index contributed by atoms with van der Waals surface area (Å²) < 4.78 is 10.1. The zero-order chi connectivity index (χ0) is 18.4. The van der Waals surface area contributed by atoms with Crippen LogP contribution in [0.3, 0.4) is 0 Å². The van der Waals surface area contributed by atoms with E-state index in [-0.39, 0.29) is 12.5 Å². The standard InChI is InChI=1S/C17H22N4O4S/c1-2-24-15(23)10-18-14(22)11-21-7-5-12(6-8-21)16-19-20-17(26-16)13-4-3-9-25-13/h3-4,9,12H,2,5-8,10-11H2,1H3,(H,18,22). The zero-order valence-corrected chi connectivity index (χ0v) is 15.5. The third-order valence-electron chi connectivity index (χ3n) is 4.21. The molecule has 1 aliphatic rings. The molecule has 0 aliphatic carbocycles. The molecular weight excluding hydrogens is 356 g/mol. The molecule has 3 heterocycles. The fraction of sp³-hybridized carbons (Fsp3) is 0.529. The summed E-state index contributed by atoms with van der Waals surface area (Å²) >= 11 is 1.56. The van der Waals surface area contributed by atoms with Gasteiger partial charge in [0.1, 0.15) is 11.6 Å². The Balaban J connectivity index is 1.43. The summed E-state index contributed by atoms with van der Waals surface area (Å²) in [7, 11) is 0. The van der Waals surface area contributed by atoms with E-state index >= 15 is 0 Å². The minimum Gasteiger partial charge on any atom is -0.465 e. The van der Waals surface area contributed by atoms with Gasteiger partial charge in [-0.05, 0) is 45.0 Å². The monoisotopic (exact) mass is 378 g/mol. The fourth-order valence-corrected chi connectivity index (χ4v) is 3.86. The number of piperidine rings is 1. The van der Waals surface area contributed by atoms with E-state index in [9.17, 15) is 9.59 Å². The van der Waals surface area contributed by atoms with Crippen molar-refractivity contribution in [2.75, 3.05) is 32.8 Å². The number of rotatable bonds is 7. The van der Waals surface area contributed by atoms with Gasteiger partial charge < -0.3 is 14.5 Å². The second-order valence-electron chi connectivity index (χ2n) is 6.05. The second kappa shape index (κ2) is 8.91. The molecule has 8 nitrogen and oxygen atoms in total. The van der Waals surface area contributed by atoms with Crippen LogP contribution in [0.5, 0.6) is 0 Å². The number of esters is 1. The van der Waals surface area contributed by atoms with Gasteiger partial charge >= 0.3 is 5.97 Å². The van der Waals surface area contributed by atoms with Crippen LogP contribution in [-0.4, -0.2) is 59.8 Å². The zero-order valence-electron chi connectivity index (χ0n) is 14.6. The van der Waals surface area contributed by atoms with Crippen LogP contribution in [0.2, 0.25) is 0 Å². The Bertz CT molecular complexity index is 723. The number of hydrogen-bond donors (Lipinski definition) is 1. The highest BCUT2D eigenvalue weighted by Gasteiger charge is 2.25. The molecule has 0 bridgehead atoms. The summed E-state index contributed by atoms with van der Waals surface area (Å²) in [4.78, 5) is 25.3. The topological polar surface area (TPSA) is 97.6 Å². The van der Waals surface area contributed by atoms with Crippen LogP contribution >= 0.6 is 11.3 Å². The van der Waals surface area contributed by atoms with Crippen LogP contribution in [-0.2, 0) is 14.3 Å². The van der Waals surface area contributed by atoms with Gasteiger partial charge in [-0.2, -0.15) is 0 Å². The highest BCUT2D eigenvalue weighted by Crippen LogP contribution is 2.33. The third kappa shape index (κ3) is 4.89. The van der Waals surface area contributed by atoms with E-state index in [4.69, 9.17) is 9.15 Å². The van der Waals surface area contributed by atoms with E-state index in [1.165, 1.54) is 0 Å². The van der Waals surface area contributed by atoms with E-state index in [2.05, 4.69) is 20.4 Å². The van der Waals surface area contributed by atoms with E-state index in [0.29, 0.717) is 19.1 Å². The fourth-order valence-electron chi connectivity index (χ4n) is 2.88. The summed E-state index contributed by atoms with van der Waals surface area (Å²) in [5.74, 6) is 0.523.